The molecule has 2 atom stereocenters. The minimum Gasteiger partial charge on any atom is -0.469 e. The second kappa shape index (κ2) is 9.77. The lowest BCUT2D eigenvalue weighted by Crippen LogP contribution is -2.34. The Morgan fingerprint density at radius 3 is 2.74 bits per heavy atom. The van der Waals surface area contributed by atoms with Crippen LogP contribution in [0.5, 0.6) is 0 Å². The summed E-state index contributed by atoms with van der Waals surface area (Å²) in [4.78, 5) is 50.3. The van der Waals surface area contributed by atoms with Crippen molar-refractivity contribution >= 4 is 40.7 Å². The molecule has 1 aromatic heterocycles. The van der Waals surface area contributed by atoms with Crippen molar-refractivity contribution in [3.05, 3.63) is 69.3 Å². The van der Waals surface area contributed by atoms with Crippen LogP contribution in [0, 0.1) is 11.7 Å². The van der Waals surface area contributed by atoms with Crippen LogP contribution >= 0.6 is 11.6 Å². The van der Waals surface area contributed by atoms with Gasteiger partial charge in [0.1, 0.15) is 23.6 Å². The Morgan fingerprint density at radius 1 is 1.24 bits per heavy atom. The van der Waals surface area contributed by atoms with Crippen molar-refractivity contribution in [2.45, 2.75) is 18.8 Å². The third-order valence-electron chi connectivity index (χ3n) is 6.03. The number of benzene rings is 2. The highest BCUT2D eigenvalue weighted by molar-refractivity contribution is 6.33. The zero-order valence-corrected chi connectivity index (χ0v) is 19.0. The number of ether oxygens (including phenoxy) is 1. The van der Waals surface area contributed by atoms with Gasteiger partial charge in [-0.1, -0.05) is 23.7 Å². The van der Waals surface area contributed by atoms with Gasteiger partial charge < -0.3 is 18.8 Å². The zero-order chi connectivity index (χ0) is 24.4. The normalized spacial score (nSPS) is 16.4. The van der Waals surface area contributed by atoms with Crippen LogP contribution in [0.2, 0.25) is 5.02 Å². The number of carbonyl (C=O) groups excluding carboxylic acids is 3. The largest absolute Gasteiger partial charge is 0.469 e. The molecule has 3 aromatic rings. The van der Waals surface area contributed by atoms with Gasteiger partial charge in [0.15, 0.2) is 0 Å². The van der Waals surface area contributed by atoms with Gasteiger partial charge in [-0.25, -0.2) is 9.18 Å². The summed E-state index contributed by atoms with van der Waals surface area (Å²) in [5.41, 5.74) is 0.783. The summed E-state index contributed by atoms with van der Waals surface area (Å²) >= 11 is 6.19. The fourth-order valence-electron chi connectivity index (χ4n) is 4.30. The molecule has 1 aliphatic heterocycles. The molecule has 176 valence electrons. The van der Waals surface area contributed by atoms with E-state index < -0.39 is 17.4 Å². The molecule has 1 aliphatic rings. The second-order valence-electron chi connectivity index (χ2n) is 8.19. The van der Waals surface area contributed by atoms with Crippen molar-refractivity contribution in [3.8, 4) is 11.1 Å². The molecule has 0 saturated carbocycles. The topological polar surface area (TPSA) is 93.9 Å². The molecule has 0 unspecified atom stereocenters. The SMILES string of the molecule is COC(=O)C[C@@H]1CCN(C(=O)[C@@H](C=O)c2ccc3c(-c4ccc(F)cc4Cl)cc(=O)oc3c2)C1. The summed E-state index contributed by atoms with van der Waals surface area (Å²) in [6.45, 7) is 0.787. The van der Waals surface area contributed by atoms with Crippen LogP contribution in [-0.4, -0.2) is 43.3 Å². The van der Waals surface area contributed by atoms with Gasteiger partial charge in [0.05, 0.1) is 18.6 Å². The Labute approximate surface area is 199 Å². The maximum atomic E-state index is 13.5. The van der Waals surface area contributed by atoms with Crippen molar-refractivity contribution in [3.63, 3.8) is 0 Å². The molecule has 1 fully saturated rings. The Morgan fingerprint density at radius 2 is 2.03 bits per heavy atom. The number of likely N-dealkylation sites (tertiary alicyclic amines) is 1. The molecule has 0 radical (unpaired) electrons. The summed E-state index contributed by atoms with van der Waals surface area (Å²) in [6, 6.07) is 9.84. The molecular weight excluding hydrogens is 465 g/mol. The van der Waals surface area contributed by atoms with Gasteiger partial charge >= 0.3 is 11.6 Å². The van der Waals surface area contributed by atoms with Gasteiger partial charge in [-0.05, 0) is 42.2 Å². The van der Waals surface area contributed by atoms with E-state index in [1.54, 1.807) is 17.0 Å². The number of esters is 1. The number of amides is 1. The third-order valence-corrected chi connectivity index (χ3v) is 6.34. The summed E-state index contributed by atoms with van der Waals surface area (Å²) in [5, 5.41) is 0.653. The zero-order valence-electron chi connectivity index (χ0n) is 18.3. The highest BCUT2D eigenvalue weighted by atomic mass is 35.5. The van der Waals surface area contributed by atoms with E-state index in [4.69, 9.17) is 16.0 Å². The summed E-state index contributed by atoms with van der Waals surface area (Å²) in [7, 11) is 1.32. The lowest BCUT2D eigenvalue weighted by atomic mass is 9.95. The predicted molar refractivity (Wildman–Crippen MR) is 123 cm³/mol. The molecule has 0 bridgehead atoms. The third kappa shape index (κ3) is 4.72. The van der Waals surface area contributed by atoms with Gasteiger partial charge in [-0.2, -0.15) is 0 Å². The Hall–Kier alpha value is -3.52. The van der Waals surface area contributed by atoms with Crippen LogP contribution < -0.4 is 5.63 Å². The molecule has 9 heteroatoms. The van der Waals surface area contributed by atoms with E-state index in [0.717, 1.165) is 6.07 Å². The molecule has 2 heterocycles. The van der Waals surface area contributed by atoms with Gasteiger partial charge in [0, 0.05) is 35.7 Å². The second-order valence-corrected chi connectivity index (χ2v) is 8.60. The van der Waals surface area contributed by atoms with Crippen LogP contribution in [-0.2, 0) is 19.1 Å². The number of fused-ring (bicyclic) bond motifs is 1. The lowest BCUT2D eigenvalue weighted by molar-refractivity contribution is -0.142. The van der Waals surface area contributed by atoms with Crippen molar-refractivity contribution in [2.75, 3.05) is 20.2 Å². The van der Waals surface area contributed by atoms with Crippen LogP contribution in [0.4, 0.5) is 4.39 Å². The standard InChI is InChI=1S/C25H21ClFNO6/c1-33-23(30)8-14-6-7-28(12-14)25(32)20(13-29)15-2-4-18-19(11-24(31)34-22(18)9-15)17-5-3-16(27)10-21(17)26/h2-5,9-11,13-14,20H,6-8,12H2,1H3/t14-,20-/m0/s1. The summed E-state index contributed by atoms with van der Waals surface area (Å²) < 4.78 is 23.5. The quantitative estimate of drug-likeness (QED) is 0.227. The molecule has 0 aliphatic carbocycles. The van der Waals surface area contributed by atoms with E-state index in [0.29, 0.717) is 47.9 Å². The molecule has 7 nitrogen and oxygen atoms in total. The summed E-state index contributed by atoms with van der Waals surface area (Å²) in [6.07, 6.45) is 1.40. The number of nitrogens with zero attached hydrogens (tertiary/aromatic N) is 1. The maximum Gasteiger partial charge on any atom is 0.336 e. The Bertz CT molecular complexity index is 1340. The van der Waals surface area contributed by atoms with Crippen molar-refractivity contribution in [1.82, 2.24) is 4.90 Å². The van der Waals surface area contributed by atoms with E-state index in [1.165, 1.54) is 31.4 Å². The molecule has 1 saturated heterocycles. The van der Waals surface area contributed by atoms with Crippen molar-refractivity contribution < 1.29 is 27.9 Å². The van der Waals surface area contributed by atoms with E-state index in [2.05, 4.69) is 4.74 Å². The van der Waals surface area contributed by atoms with E-state index in [9.17, 15) is 23.6 Å². The molecule has 34 heavy (non-hydrogen) atoms. The van der Waals surface area contributed by atoms with E-state index >= 15 is 0 Å². The van der Waals surface area contributed by atoms with Gasteiger partial charge in [0.25, 0.3) is 0 Å². The lowest BCUT2D eigenvalue weighted by Gasteiger charge is -2.21. The first-order valence-electron chi connectivity index (χ1n) is 10.6. The van der Waals surface area contributed by atoms with E-state index in [1.807, 2.05) is 0 Å². The number of hydrogen-bond donors (Lipinski definition) is 0. The molecule has 4 rings (SSSR count). The number of hydrogen-bond acceptors (Lipinski definition) is 6. The molecule has 2 aromatic carbocycles. The Balaban J connectivity index is 1.65. The molecular formula is C25H21ClFNO6. The highest BCUT2D eigenvalue weighted by Crippen LogP contribution is 2.34. The molecule has 0 N–H and O–H groups in total. The average Bonchev–Trinajstić information content (AvgIpc) is 3.27. The number of carbonyl (C=O) groups is 3. The maximum absolute atomic E-state index is 13.5. The monoisotopic (exact) mass is 485 g/mol. The number of methoxy groups -OCH3 is 1. The van der Waals surface area contributed by atoms with Gasteiger partial charge in [-0.15, -0.1) is 0 Å². The number of rotatable bonds is 6. The first-order valence-corrected chi connectivity index (χ1v) is 11.0. The van der Waals surface area contributed by atoms with Gasteiger partial charge in [-0.3, -0.25) is 9.59 Å². The van der Waals surface area contributed by atoms with Crippen LogP contribution in [0.15, 0.2) is 51.7 Å². The molecule has 1 amide bonds. The first kappa shape index (κ1) is 23.6. The predicted octanol–water partition coefficient (Wildman–Crippen LogP) is 3.95. The number of aldehydes is 1. The Kier molecular flexibility index (Phi) is 6.79. The van der Waals surface area contributed by atoms with E-state index in [-0.39, 0.29) is 34.8 Å². The smallest absolute Gasteiger partial charge is 0.336 e. The average molecular weight is 486 g/mol. The first-order chi connectivity index (χ1) is 16.3. The highest BCUT2D eigenvalue weighted by Gasteiger charge is 2.33. The minimum absolute atomic E-state index is 0.0265. The minimum atomic E-state index is -1.09. The number of halogens is 2. The fourth-order valence-corrected chi connectivity index (χ4v) is 4.57. The van der Waals surface area contributed by atoms with Crippen LogP contribution in [0.25, 0.3) is 22.1 Å². The molecule has 0 spiro atoms. The fraction of sp³-hybridized carbons (Fsp3) is 0.280. The summed E-state index contributed by atoms with van der Waals surface area (Å²) in [5.74, 6) is -2.35. The van der Waals surface area contributed by atoms with Crippen LogP contribution in [0.3, 0.4) is 0 Å². The van der Waals surface area contributed by atoms with Gasteiger partial charge in [0.2, 0.25) is 5.91 Å². The van der Waals surface area contributed by atoms with Crippen LogP contribution in [0.1, 0.15) is 24.3 Å². The van der Waals surface area contributed by atoms with Crippen molar-refractivity contribution in [2.24, 2.45) is 5.92 Å². The van der Waals surface area contributed by atoms with Crippen molar-refractivity contribution in [1.29, 1.82) is 0 Å².